The Morgan fingerprint density at radius 2 is 2.20 bits per heavy atom. The van der Waals surface area contributed by atoms with Gasteiger partial charge in [0.05, 0.1) is 0 Å². The smallest absolute Gasteiger partial charge is 0.105 e. The average Bonchev–Trinajstić information content (AvgIpc) is 2.11. The van der Waals surface area contributed by atoms with Crippen molar-refractivity contribution in [3.8, 4) is 0 Å². The third-order valence-electron chi connectivity index (χ3n) is 2.71. The molecule has 0 aliphatic heterocycles. The van der Waals surface area contributed by atoms with E-state index >= 15 is 0 Å². The Balaban J connectivity index is 2.13. The third kappa shape index (κ3) is 2.49. The molecule has 1 aliphatic carbocycles. The number of nitrogens with two attached hydrogens (primary N) is 1. The zero-order valence-electron chi connectivity index (χ0n) is 8.29. The SMILES string of the molecule is NC(=S)c1ccc(NC2CCC2)cc1Br. The van der Waals surface area contributed by atoms with Crippen molar-refractivity contribution in [2.24, 2.45) is 5.73 Å². The van der Waals surface area contributed by atoms with E-state index < -0.39 is 0 Å². The molecular weight excluding hydrogens is 272 g/mol. The van der Waals surface area contributed by atoms with Gasteiger partial charge in [-0.2, -0.15) is 0 Å². The first kappa shape index (κ1) is 10.9. The lowest BCUT2D eigenvalue weighted by molar-refractivity contribution is 0.445. The van der Waals surface area contributed by atoms with E-state index in [0.29, 0.717) is 11.0 Å². The van der Waals surface area contributed by atoms with Crippen LogP contribution < -0.4 is 11.1 Å². The van der Waals surface area contributed by atoms with Gasteiger partial charge in [0, 0.05) is 21.8 Å². The van der Waals surface area contributed by atoms with E-state index in [-0.39, 0.29) is 0 Å². The lowest BCUT2D eigenvalue weighted by Gasteiger charge is -2.27. The Hall–Kier alpha value is -0.610. The van der Waals surface area contributed by atoms with E-state index in [1.165, 1.54) is 19.3 Å². The molecule has 2 rings (SSSR count). The van der Waals surface area contributed by atoms with Crippen LogP contribution in [-0.2, 0) is 0 Å². The molecule has 4 heteroatoms. The number of nitrogens with one attached hydrogen (secondary N) is 1. The summed E-state index contributed by atoms with van der Waals surface area (Å²) in [6, 6.07) is 6.66. The Bertz CT molecular complexity index is 388. The number of anilines is 1. The maximum Gasteiger partial charge on any atom is 0.105 e. The standard InChI is InChI=1S/C11H13BrN2S/c12-10-6-8(14-7-2-1-3-7)4-5-9(10)11(13)15/h4-7,14H,1-3H2,(H2,13,15). The highest BCUT2D eigenvalue weighted by Gasteiger charge is 2.17. The Kier molecular flexibility index (Phi) is 3.26. The summed E-state index contributed by atoms with van der Waals surface area (Å²) >= 11 is 8.41. The van der Waals surface area contributed by atoms with Crippen LogP contribution in [0.15, 0.2) is 22.7 Å². The number of rotatable bonds is 3. The van der Waals surface area contributed by atoms with Crippen molar-refractivity contribution >= 4 is 38.8 Å². The van der Waals surface area contributed by atoms with Crippen LogP contribution in [0.25, 0.3) is 0 Å². The molecule has 0 amide bonds. The van der Waals surface area contributed by atoms with E-state index in [1.807, 2.05) is 18.2 Å². The molecule has 1 aliphatic rings. The Labute approximate surface area is 103 Å². The summed E-state index contributed by atoms with van der Waals surface area (Å²) in [5.74, 6) is 0. The van der Waals surface area contributed by atoms with Crippen LogP contribution in [0.4, 0.5) is 5.69 Å². The molecule has 0 radical (unpaired) electrons. The molecule has 1 aromatic carbocycles. The molecular formula is C11H13BrN2S. The zero-order valence-corrected chi connectivity index (χ0v) is 10.7. The number of halogens is 1. The first-order chi connectivity index (χ1) is 7.16. The van der Waals surface area contributed by atoms with E-state index in [4.69, 9.17) is 18.0 Å². The van der Waals surface area contributed by atoms with Crippen LogP contribution in [0.1, 0.15) is 24.8 Å². The highest BCUT2D eigenvalue weighted by molar-refractivity contribution is 9.10. The fourth-order valence-electron chi connectivity index (χ4n) is 1.59. The van der Waals surface area contributed by atoms with Gasteiger partial charge in [-0.3, -0.25) is 0 Å². The normalized spacial score (nSPS) is 15.8. The molecule has 1 saturated carbocycles. The molecule has 0 spiro atoms. The summed E-state index contributed by atoms with van der Waals surface area (Å²) in [5, 5.41) is 3.47. The molecule has 2 nitrogen and oxygen atoms in total. The van der Waals surface area contributed by atoms with Crippen LogP contribution >= 0.6 is 28.1 Å². The van der Waals surface area contributed by atoms with Crippen LogP contribution in [0, 0.1) is 0 Å². The van der Waals surface area contributed by atoms with Gasteiger partial charge in [0.2, 0.25) is 0 Å². The monoisotopic (exact) mass is 284 g/mol. The van der Waals surface area contributed by atoms with Crippen molar-refractivity contribution in [1.82, 2.24) is 0 Å². The summed E-state index contributed by atoms with van der Waals surface area (Å²) in [7, 11) is 0. The van der Waals surface area contributed by atoms with Gasteiger partial charge in [0.15, 0.2) is 0 Å². The van der Waals surface area contributed by atoms with E-state index in [1.54, 1.807) is 0 Å². The average molecular weight is 285 g/mol. The van der Waals surface area contributed by atoms with Gasteiger partial charge in [-0.05, 0) is 53.4 Å². The Morgan fingerprint density at radius 3 is 2.67 bits per heavy atom. The van der Waals surface area contributed by atoms with Crippen LogP contribution in [0.3, 0.4) is 0 Å². The van der Waals surface area contributed by atoms with Crippen LogP contribution in [0.5, 0.6) is 0 Å². The largest absolute Gasteiger partial charge is 0.389 e. The minimum Gasteiger partial charge on any atom is -0.389 e. The van der Waals surface area contributed by atoms with Crippen molar-refractivity contribution in [3.63, 3.8) is 0 Å². The number of benzene rings is 1. The van der Waals surface area contributed by atoms with Crippen molar-refractivity contribution in [3.05, 3.63) is 28.2 Å². The van der Waals surface area contributed by atoms with Gasteiger partial charge < -0.3 is 11.1 Å². The fourth-order valence-corrected chi connectivity index (χ4v) is 2.49. The van der Waals surface area contributed by atoms with Crippen molar-refractivity contribution in [2.45, 2.75) is 25.3 Å². The van der Waals surface area contributed by atoms with Gasteiger partial charge in [0.25, 0.3) is 0 Å². The summed E-state index contributed by atoms with van der Waals surface area (Å²) in [4.78, 5) is 0.428. The maximum atomic E-state index is 5.58. The fraction of sp³-hybridized carbons (Fsp3) is 0.364. The highest BCUT2D eigenvalue weighted by atomic mass is 79.9. The molecule has 0 heterocycles. The van der Waals surface area contributed by atoms with Gasteiger partial charge in [-0.25, -0.2) is 0 Å². The molecule has 80 valence electrons. The minimum atomic E-state index is 0.428. The second-order valence-corrected chi connectivity index (χ2v) is 5.13. The molecule has 0 atom stereocenters. The predicted molar refractivity (Wildman–Crippen MR) is 71.3 cm³/mol. The summed E-state index contributed by atoms with van der Waals surface area (Å²) < 4.78 is 0.958. The van der Waals surface area contributed by atoms with Crippen molar-refractivity contribution in [2.75, 3.05) is 5.32 Å². The highest BCUT2D eigenvalue weighted by Crippen LogP contribution is 2.26. The van der Waals surface area contributed by atoms with Crippen molar-refractivity contribution in [1.29, 1.82) is 0 Å². The van der Waals surface area contributed by atoms with E-state index in [2.05, 4.69) is 21.2 Å². The number of thiocarbonyl (C=S) groups is 1. The van der Waals surface area contributed by atoms with Crippen LogP contribution in [-0.4, -0.2) is 11.0 Å². The lowest BCUT2D eigenvalue weighted by atomic mass is 9.93. The summed E-state index contributed by atoms with van der Waals surface area (Å²) in [5.41, 5.74) is 7.61. The molecule has 1 fully saturated rings. The first-order valence-electron chi connectivity index (χ1n) is 5.02. The number of hydrogen-bond donors (Lipinski definition) is 2. The second kappa shape index (κ2) is 4.49. The maximum absolute atomic E-state index is 5.58. The van der Waals surface area contributed by atoms with E-state index in [0.717, 1.165) is 15.7 Å². The quantitative estimate of drug-likeness (QED) is 0.838. The predicted octanol–water partition coefficient (Wildman–Crippen LogP) is 3.05. The lowest BCUT2D eigenvalue weighted by Crippen LogP contribution is -2.27. The van der Waals surface area contributed by atoms with Crippen LogP contribution in [0.2, 0.25) is 0 Å². The molecule has 3 N–H and O–H groups in total. The molecule has 0 saturated heterocycles. The van der Waals surface area contributed by atoms with Gasteiger partial charge >= 0.3 is 0 Å². The van der Waals surface area contributed by atoms with Gasteiger partial charge in [-0.15, -0.1) is 0 Å². The molecule has 0 unspecified atom stereocenters. The van der Waals surface area contributed by atoms with Crippen molar-refractivity contribution < 1.29 is 0 Å². The van der Waals surface area contributed by atoms with E-state index in [9.17, 15) is 0 Å². The topological polar surface area (TPSA) is 38.0 Å². The zero-order chi connectivity index (χ0) is 10.8. The first-order valence-corrected chi connectivity index (χ1v) is 6.23. The minimum absolute atomic E-state index is 0.428. The van der Waals surface area contributed by atoms with Gasteiger partial charge in [0.1, 0.15) is 4.99 Å². The molecule has 1 aromatic rings. The number of hydrogen-bond acceptors (Lipinski definition) is 2. The van der Waals surface area contributed by atoms with Gasteiger partial charge in [-0.1, -0.05) is 12.2 Å². The molecule has 15 heavy (non-hydrogen) atoms. The molecule has 0 bridgehead atoms. The Morgan fingerprint density at radius 1 is 1.47 bits per heavy atom. The third-order valence-corrected chi connectivity index (χ3v) is 3.59. The summed E-state index contributed by atoms with van der Waals surface area (Å²) in [6.45, 7) is 0. The molecule has 0 aromatic heterocycles. The summed E-state index contributed by atoms with van der Waals surface area (Å²) in [6.07, 6.45) is 3.88. The second-order valence-electron chi connectivity index (χ2n) is 3.83.